The fraction of sp³-hybridized carbons (Fsp3) is 0. The van der Waals surface area contributed by atoms with Gasteiger partial charge in [0.05, 0.1) is 27.8 Å². The summed E-state index contributed by atoms with van der Waals surface area (Å²) in [5.74, 6) is 0. The molecule has 0 aliphatic rings. The van der Waals surface area contributed by atoms with E-state index >= 15 is 0 Å². The molecule has 10 rings (SSSR count). The standard InChI is InChI=1S/C48H32N2/c1-4-14-33(15-5-1)35-25-28-46(42(30-35)34-16-6-2-7-17-34)50-45-23-13-10-20-39(45)41-27-24-37(32-48(41)50)36-26-29-47-43(31-36)40-21-11-12-22-44(40)49(47)38-18-8-3-9-19-38/h1-32H. The van der Waals surface area contributed by atoms with Gasteiger partial charge in [0.1, 0.15) is 0 Å². The Labute approximate surface area is 290 Å². The quantitative estimate of drug-likeness (QED) is 0.178. The zero-order valence-electron chi connectivity index (χ0n) is 27.4. The smallest absolute Gasteiger partial charge is 0.0547 e. The second kappa shape index (κ2) is 11.5. The molecule has 2 heterocycles. The molecule has 0 spiro atoms. The third kappa shape index (κ3) is 4.50. The molecular weight excluding hydrogens is 605 g/mol. The van der Waals surface area contributed by atoms with Crippen LogP contribution in [-0.4, -0.2) is 9.13 Å². The van der Waals surface area contributed by atoms with Gasteiger partial charge in [-0.15, -0.1) is 0 Å². The Morgan fingerprint density at radius 1 is 0.260 bits per heavy atom. The van der Waals surface area contributed by atoms with Crippen molar-refractivity contribution in [3.05, 3.63) is 194 Å². The minimum Gasteiger partial charge on any atom is -0.309 e. The first kappa shape index (κ1) is 28.4. The molecule has 0 amide bonds. The van der Waals surface area contributed by atoms with Crippen LogP contribution in [0.5, 0.6) is 0 Å². The molecule has 0 aliphatic heterocycles. The molecule has 0 N–H and O–H groups in total. The van der Waals surface area contributed by atoms with Gasteiger partial charge in [-0.25, -0.2) is 0 Å². The zero-order valence-corrected chi connectivity index (χ0v) is 27.4. The molecule has 2 aromatic heterocycles. The van der Waals surface area contributed by atoms with Crippen molar-refractivity contribution in [2.24, 2.45) is 0 Å². The number of para-hydroxylation sites is 3. The summed E-state index contributed by atoms with van der Waals surface area (Å²) in [5, 5.41) is 5.01. The van der Waals surface area contributed by atoms with E-state index in [1.54, 1.807) is 0 Å². The highest BCUT2D eigenvalue weighted by Gasteiger charge is 2.18. The first-order chi connectivity index (χ1) is 24.8. The second-order valence-corrected chi connectivity index (χ2v) is 13.0. The molecular formula is C48H32N2. The lowest BCUT2D eigenvalue weighted by Gasteiger charge is -2.16. The highest BCUT2D eigenvalue weighted by Crippen LogP contribution is 2.40. The van der Waals surface area contributed by atoms with Crippen LogP contribution >= 0.6 is 0 Å². The van der Waals surface area contributed by atoms with Crippen molar-refractivity contribution < 1.29 is 0 Å². The van der Waals surface area contributed by atoms with Gasteiger partial charge >= 0.3 is 0 Å². The summed E-state index contributed by atoms with van der Waals surface area (Å²) in [6.45, 7) is 0. The van der Waals surface area contributed by atoms with Gasteiger partial charge in [0.15, 0.2) is 0 Å². The van der Waals surface area contributed by atoms with Crippen molar-refractivity contribution >= 4 is 43.6 Å². The molecule has 8 aromatic carbocycles. The molecule has 0 saturated carbocycles. The average Bonchev–Trinajstić information content (AvgIpc) is 3.71. The molecule has 0 radical (unpaired) electrons. The number of nitrogens with zero attached hydrogens (tertiary/aromatic N) is 2. The fourth-order valence-corrected chi connectivity index (χ4v) is 7.81. The zero-order chi connectivity index (χ0) is 33.0. The van der Waals surface area contributed by atoms with Crippen molar-refractivity contribution in [1.82, 2.24) is 9.13 Å². The van der Waals surface area contributed by atoms with Crippen LogP contribution in [0.25, 0.3) is 88.4 Å². The minimum absolute atomic E-state index is 1.17. The van der Waals surface area contributed by atoms with Crippen LogP contribution in [0.4, 0.5) is 0 Å². The number of hydrogen-bond acceptors (Lipinski definition) is 0. The molecule has 0 fully saturated rings. The van der Waals surface area contributed by atoms with Crippen LogP contribution in [0.2, 0.25) is 0 Å². The summed E-state index contributed by atoms with van der Waals surface area (Å²) < 4.78 is 4.84. The number of aromatic nitrogens is 2. The van der Waals surface area contributed by atoms with Gasteiger partial charge in [-0.2, -0.15) is 0 Å². The Morgan fingerprint density at radius 3 is 1.50 bits per heavy atom. The van der Waals surface area contributed by atoms with Gasteiger partial charge in [-0.3, -0.25) is 0 Å². The van der Waals surface area contributed by atoms with Crippen LogP contribution in [0.3, 0.4) is 0 Å². The van der Waals surface area contributed by atoms with Crippen molar-refractivity contribution in [3.8, 4) is 44.8 Å². The normalized spacial score (nSPS) is 11.6. The molecule has 0 atom stereocenters. The average molecular weight is 637 g/mol. The Hall–Kier alpha value is -6.64. The number of benzene rings is 8. The van der Waals surface area contributed by atoms with Gasteiger partial charge in [-0.05, 0) is 82.4 Å². The lowest BCUT2D eigenvalue weighted by atomic mass is 9.97. The van der Waals surface area contributed by atoms with Gasteiger partial charge < -0.3 is 9.13 Å². The molecule has 0 aliphatic carbocycles. The monoisotopic (exact) mass is 636 g/mol. The van der Waals surface area contributed by atoms with Gasteiger partial charge in [-0.1, -0.05) is 140 Å². The van der Waals surface area contributed by atoms with Crippen molar-refractivity contribution in [3.63, 3.8) is 0 Å². The molecule has 0 saturated heterocycles. The van der Waals surface area contributed by atoms with Crippen LogP contribution in [0, 0.1) is 0 Å². The predicted octanol–water partition coefficient (Wildman–Crippen LogP) is 12.9. The third-order valence-corrected chi connectivity index (χ3v) is 10.1. The Morgan fingerprint density at radius 2 is 0.760 bits per heavy atom. The van der Waals surface area contributed by atoms with E-state index in [2.05, 4.69) is 203 Å². The Bertz CT molecular complexity index is 2840. The van der Waals surface area contributed by atoms with Gasteiger partial charge in [0.2, 0.25) is 0 Å². The fourth-order valence-electron chi connectivity index (χ4n) is 7.81. The summed E-state index contributed by atoms with van der Waals surface area (Å²) >= 11 is 0. The molecule has 50 heavy (non-hydrogen) atoms. The summed E-state index contributed by atoms with van der Waals surface area (Å²) in [6, 6.07) is 70.4. The van der Waals surface area contributed by atoms with E-state index in [9.17, 15) is 0 Å². The SMILES string of the molecule is c1ccc(-c2ccc(-n3c4ccccc4c4ccc(-c5ccc6c(c5)c5ccccc5n6-c5ccccc5)cc43)c(-c3ccccc3)c2)cc1. The maximum absolute atomic E-state index is 2.46. The molecule has 2 nitrogen and oxygen atoms in total. The minimum atomic E-state index is 1.17. The Balaban J connectivity index is 1.21. The molecule has 0 bridgehead atoms. The largest absolute Gasteiger partial charge is 0.309 e. The number of fused-ring (bicyclic) bond motifs is 6. The van der Waals surface area contributed by atoms with Crippen molar-refractivity contribution in [1.29, 1.82) is 0 Å². The third-order valence-electron chi connectivity index (χ3n) is 10.1. The van der Waals surface area contributed by atoms with Crippen LogP contribution < -0.4 is 0 Å². The summed E-state index contributed by atoms with van der Waals surface area (Å²) in [7, 11) is 0. The topological polar surface area (TPSA) is 9.86 Å². The van der Waals surface area contributed by atoms with Crippen LogP contribution in [-0.2, 0) is 0 Å². The van der Waals surface area contributed by atoms with E-state index in [0.29, 0.717) is 0 Å². The van der Waals surface area contributed by atoms with Gasteiger partial charge in [0.25, 0.3) is 0 Å². The lowest BCUT2D eigenvalue weighted by molar-refractivity contribution is 1.18. The van der Waals surface area contributed by atoms with Crippen LogP contribution in [0.15, 0.2) is 194 Å². The van der Waals surface area contributed by atoms with Crippen molar-refractivity contribution in [2.75, 3.05) is 0 Å². The maximum Gasteiger partial charge on any atom is 0.0547 e. The molecule has 0 unspecified atom stereocenters. The highest BCUT2D eigenvalue weighted by molar-refractivity contribution is 6.12. The summed E-state index contributed by atoms with van der Waals surface area (Å²) in [4.78, 5) is 0. The van der Waals surface area contributed by atoms with Crippen LogP contribution in [0.1, 0.15) is 0 Å². The molecule has 234 valence electrons. The van der Waals surface area contributed by atoms with E-state index in [4.69, 9.17) is 0 Å². The molecule has 10 aromatic rings. The first-order valence-electron chi connectivity index (χ1n) is 17.2. The van der Waals surface area contributed by atoms with Gasteiger partial charge in [0, 0.05) is 32.8 Å². The maximum atomic E-state index is 2.46. The lowest BCUT2D eigenvalue weighted by Crippen LogP contribution is -1.98. The molecule has 2 heteroatoms. The highest BCUT2D eigenvalue weighted by atomic mass is 15.0. The first-order valence-corrected chi connectivity index (χ1v) is 17.2. The van der Waals surface area contributed by atoms with Crippen molar-refractivity contribution in [2.45, 2.75) is 0 Å². The van der Waals surface area contributed by atoms with E-state index < -0.39 is 0 Å². The number of rotatable bonds is 5. The predicted molar refractivity (Wildman–Crippen MR) is 211 cm³/mol. The summed E-state index contributed by atoms with van der Waals surface area (Å²) in [6.07, 6.45) is 0. The Kier molecular flexibility index (Phi) is 6.53. The van der Waals surface area contributed by atoms with E-state index in [1.807, 2.05) is 0 Å². The number of hydrogen-bond donors (Lipinski definition) is 0. The second-order valence-electron chi connectivity index (χ2n) is 13.0. The van der Waals surface area contributed by atoms with E-state index in [0.717, 1.165) is 0 Å². The van der Waals surface area contributed by atoms with E-state index in [1.165, 1.54) is 88.4 Å². The van der Waals surface area contributed by atoms with E-state index in [-0.39, 0.29) is 0 Å². The summed E-state index contributed by atoms with van der Waals surface area (Å²) in [5.41, 5.74) is 14.4.